The summed E-state index contributed by atoms with van der Waals surface area (Å²) in [5.41, 5.74) is 0.563. The van der Waals surface area contributed by atoms with Gasteiger partial charge in [0, 0.05) is 36.8 Å². The molecular weight excluding hydrogens is 392 g/mol. The highest BCUT2D eigenvalue weighted by Crippen LogP contribution is 2.26. The molecule has 0 saturated carbocycles. The van der Waals surface area contributed by atoms with E-state index in [4.69, 9.17) is 21.1 Å². The van der Waals surface area contributed by atoms with Gasteiger partial charge in [-0.05, 0) is 43.7 Å². The number of para-hydroxylation sites is 2. The topological polar surface area (TPSA) is 59.1 Å². The number of benzene rings is 2. The third-order valence-electron chi connectivity index (χ3n) is 4.71. The Morgan fingerprint density at radius 3 is 2.34 bits per heavy atom. The van der Waals surface area contributed by atoms with E-state index in [-0.39, 0.29) is 18.4 Å². The van der Waals surface area contributed by atoms with Gasteiger partial charge in [0.2, 0.25) is 0 Å². The molecule has 0 bridgehead atoms. The molecule has 0 N–H and O–H groups in total. The summed E-state index contributed by atoms with van der Waals surface area (Å²) in [4.78, 5) is 28.9. The molecule has 0 spiro atoms. The Kier molecular flexibility index (Phi) is 7.36. The average Bonchev–Trinajstić information content (AvgIpc) is 2.99. The number of carbonyl (C=O) groups is 2. The van der Waals surface area contributed by atoms with E-state index in [1.807, 2.05) is 25.1 Å². The van der Waals surface area contributed by atoms with Crippen LogP contribution < -0.4 is 9.47 Å². The second-order valence-electron chi connectivity index (χ2n) is 6.71. The summed E-state index contributed by atoms with van der Waals surface area (Å²) in [6, 6.07) is 14.2. The Balaban J connectivity index is 1.55. The molecule has 3 rings (SSSR count). The summed E-state index contributed by atoms with van der Waals surface area (Å²) in [6.07, 6.45) is 0.716. The summed E-state index contributed by atoms with van der Waals surface area (Å²) >= 11 is 5.99. The Bertz CT molecular complexity index is 858. The molecule has 0 aromatic heterocycles. The summed E-state index contributed by atoms with van der Waals surface area (Å²) in [5, 5.41) is 0.534. The van der Waals surface area contributed by atoms with Crippen molar-refractivity contribution in [3.63, 3.8) is 0 Å². The molecule has 2 aromatic carbocycles. The van der Waals surface area contributed by atoms with Crippen molar-refractivity contribution >= 4 is 23.4 Å². The van der Waals surface area contributed by atoms with Gasteiger partial charge in [0.25, 0.3) is 11.8 Å². The molecule has 0 unspecified atom stereocenters. The average molecular weight is 417 g/mol. The molecule has 1 aliphatic rings. The first-order valence-corrected chi connectivity index (χ1v) is 10.1. The number of hydrogen-bond acceptors (Lipinski definition) is 4. The van der Waals surface area contributed by atoms with Crippen molar-refractivity contribution in [1.29, 1.82) is 0 Å². The van der Waals surface area contributed by atoms with Crippen molar-refractivity contribution in [2.75, 3.05) is 39.4 Å². The van der Waals surface area contributed by atoms with Crippen LogP contribution in [0.1, 0.15) is 23.7 Å². The van der Waals surface area contributed by atoms with Crippen LogP contribution in [0.4, 0.5) is 0 Å². The number of ether oxygens (including phenoxy) is 2. The highest BCUT2D eigenvalue weighted by molar-refractivity contribution is 6.30. The largest absolute Gasteiger partial charge is 0.490 e. The van der Waals surface area contributed by atoms with Gasteiger partial charge >= 0.3 is 0 Å². The molecular formula is C22H25ClN2O4. The zero-order chi connectivity index (χ0) is 20.6. The van der Waals surface area contributed by atoms with Crippen LogP contribution >= 0.6 is 11.6 Å². The fourth-order valence-electron chi connectivity index (χ4n) is 3.25. The van der Waals surface area contributed by atoms with E-state index >= 15 is 0 Å². The third-order valence-corrected chi connectivity index (χ3v) is 4.94. The SMILES string of the molecule is CCOc1ccccc1OCC(=O)N1CCCN(C(=O)c2cccc(Cl)c2)CC1. The third kappa shape index (κ3) is 5.64. The molecule has 1 aliphatic heterocycles. The van der Waals surface area contributed by atoms with Crippen LogP contribution in [-0.2, 0) is 4.79 Å². The van der Waals surface area contributed by atoms with Gasteiger partial charge in [-0.2, -0.15) is 0 Å². The van der Waals surface area contributed by atoms with E-state index in [0.717, 1.165) is 0 Å². The van der Waals surface area contributed by atoms with Crippen LogP contribution in [0.3, 0.4) is 0 Å². The van der Waals surface area contributed by atoms with E-state index in [2.05, 4.69) is 0 Å². The molecule has 0 radical (unpaired) electrons. The molecule has 0 aliphatic carbocycles. The minimum absolute atomic E-state index is 0.0632. The van der Waals surface area contributed by atoms with E-state index in [1.165, 1.54) is 0 Å². The monoisotopic (exact) mass is 416 g/mol. The Morgan fingerprint density at radius 1 is 0.931 bits per heavy atom. The normalized spacial score (nSPS) is 14.3. The second kappa shape index (κ2) is 10.2. The molecule has 6 nitrogen and oxygen atoms in total. The van der Waals surface area contributed by atoms with Crippen LogP contribution in [0.5, 0.6) is 11.5 Å². The molecule has 0 atom stereocenters. The predicted molar refractivity (Wildman–Crippen MR) is 112 cm³/mol. The lowest BCUT2D eigenvalue weighted by Crippen LogP contribution is -2.39. The van der Waals surface area contributed by atoms with Crippen LogP contribution in [0.25, 0.3) is 0 Å². The van der Waals surface area contributed by atoms with Crippen molar-refractivity contribution < 1.29 is 19.1 Å². The quantitative estimate of drug-likeness (QED) is 0.723. The Hall–Kier alpha value is -2.73. The fourth-order valence-corrected chi connectivity index (χ4v) is 3.44. The van der Waals surface area contributed by atoms with Gasteiger partial charge in [0.05, 0.1) is 6.61 Å². The Morgan fingerprint density at radius 2 is 1.62 bits per heavy atom. The van der Waals surface area contributed by atoms with Gasteiger partial charge in [-0.25, -0.2) is 0 Å². The first kappa shape index (κ1) is 21.0. The van der Waals surface area contributed by atoms with Crippen LogP contribution in [0, 0.1) is 0 Å². The highest BCUT2D eigenvalue weighted by atomic mass is 35.5. The predicted octanol–water partition coefficient (Wildman–Crippen LogP) is 3.49. The van der Waals surface area contributed by atoms with Crippen molar-refractivity contribution in [1.82, 2.24) is 9.80 Å². The molecule has 2 aromatic rings. The highest BCUT2D eigenvalue weighted by Gasteiger charge is 2.23. The van der Waals surface area contributed by atoms with Gasteiger partial charge in [-0.15, -0.1) is 0 Å². The molecule has 1 saturated heterocycles. The summed E-state index contributed by atoms with van der Waals surface area (Å²) in [6.45, 7) is 4.50. The molecule has 154 valence electrons. The van der Waals surface area contributed by atoms with E-state index < -0.39 is 0 Å². The fraction of sp³-hybridized carbons (Fsp3) is 0.364. The van der Waals surface area contributed by atoms with Crippen LogP contribution in [0.15, 0.2) is 48.5 Å². The van der Waals surface area contributed by atoms with Gasteiger partial charge < -0.3 is 19.3 Å². The minimum atomic E-state index is -0.103. The second-order valence-corrected chi connectivity index (χ2v) is 7.14. The number of carbonyl (C=O) groups excluding carboxylic acids is 2. The summed E-state index contributed by atoms with van der Waals surface area (Å²) < 4.78 is 11.2. The van der Waals surface area contributed by atoms with Gasteiger partial charge in [-0.1, -0.05) is 29.8 Å². The Labute approximate surface area is 176 Å². The van der Waals surface area contributed by atoms with Gasteiger partial charge in [0.15, 0.2) is 18.1 Å². The number of hydrogen-bond donors (Lipinski definition) is 0. The first-order valence-electron chi connectivity index (χ1n) is 9.75. The van der Waals surface area contributed by atoms with Crippen molar-refractivity contribution in [2.24, 2.45) is 0 Å². The molecule has 2 amide bonds. The zero-order valence-electron chi connectivity index (χ0n) is 16.5. The summed E-state index contributed by atoms with van der Waals surface area (Å²) in [5.74, 6) is 1.00. The molecule has 1 heterocycles. The van der Waals surface area contributed by atoms with Crippen molar-refractivity contribution in [2.45, 2.75) is 13.3 Å². The lowest BCUT2D eigenvalue weighted by atomic mass is 10.2. The van der Waals surface area contributed by atoms with E-state index in [9.17, 15) is 9.59 Å². The number of rotatable bonds is 6. The van der Waals surface area contributed by atoms with E-state index in [1.54, 1.807) is 40.1 Å². The van der Waals surface area contributed by atoms with Crippen LogP contribution in [0.2, 0.25) is 5.02 Å². The maximum Gasteiger partial charge on any atom is 0.260 e. The van der Waals surface area contributed by atoms with Gasteiger partial charge in [-0.3, -0.25) is 9.59 Å². The molecule has 7 heteroatoms. The van der Waals surface area contributed by atoms with Crippen molar-refractivity contribution in [3.05, 3.63) is 59.1 Å². The first-order chi connectivity index (χ1) is 14.1. The number of halogens is 1. The minimum Gasteiger partial charge on any atom is -0.490 e. The lowest BCUT2D eigenvalue weighted by Gasteiger charge is -2.22. The van der Waals surface area contributed by atoms with Gasteiger partial charge in [0.1, 0.15) is 0 Å². The number of nitrogens with zero attached hydrogens (tertiary/aromatic N) is 2. The standard InChI is InChI=1S/C22H25ClN2O4/c1-2-28-19-9-3-4-10-20(19)29-16-21(26)24-11-6-12-25(14-13-24)22(27)17-7-5-8-18(23)15-17/h3-5,7-10,15H,2,6,11-14,16H2,1H3. The zero-order valence-corrected chi connectivity index (χ0v) is 17.2. The van der Waals surface area contributed by atoms with E-state index in [0.29, 0.717) is 61.3 Å². The summed E-state index contributed by atoms with van der Waals surface area (Å²) in [7, 11) is 0. The van der Waals surface area contributed by atoms with Crippen molar-refractivity contribution in [3.8, 4) is 11.5 Å². The lowest BCUT2D eigenvalue weighted by molar-refractivity contribution is -0.133. The molecule has 29 heavy (non-hydrogen) atoms. The smallest absolute Gasteiger partial charge is 0.260 e. The number of amides is 2. The maximum absolute atomic E-state index is 12.7. The maximum atomic E-state index is 12.7. The molecule has 1 fully saturated rings. The van der Waals surface area contributed by atoms with Crippen LogP contribution in [-0.4, -0.2) is 61.0 Å².